The third-order valence-corrected chi connectivity index (χ3v) is 4.07. The Bertz CT molecular complexity index is 552. The van der Waals surface area contributed by atoms with Gasteiger partial charge in [0.25, 0.3) is 0 Å². The largest absolute Gasteiger partial charge is 0.387 e. The summed E-state index contributed by atoms with van der Waals surface area (Å²) in [5.74, 6) is 0. The average molecular weight is 271 g/mol. The van der Waals surface area contributed by atoms with Crippen LogP contribution in [-0.2, 0) is 7.05 Å². The predicted octanol–water partition coefficient (Wildman–Crippen LogP) is 2.29. The van der Waals surface area contributed by atoms with Crippen LogP contribution in [0.2, 0.25) is 0 Å². The fourth-order valence-corrected chi connectivity index (χ4v) is 3.04. The monoisotopic (exact) mass is 271 g/mol. The van der Waals surface area contributed by atoms with Crippen LogP contribution in [-0.4, -0.2) is 32.9 Å². The molecule has 4 heteroatoms. The van der Waals surface area contributed by atoms with Gasteiger partial charge in [-0.25, -0.2) is 0 Å². The van der Waals surface area contributed by atoms with Crippen LogP contribution in [0.25, 0.3) is 0 Å². The summed E-state index contributed by atoms with van der Waals surface area (Å²) < 4.78 is 1.85. The lowest BCUT2D eigenvalue weighted by Gasteiger charge is -2.26. The first kappa shape index (κ1) is 13.3. The van der Waals surface area contributed by atoms with E-state index in [1.54, 1.807) is 0 Å². The third-order valence-electron chi connectivity index (χ3n) is 4.07. The van der Waals surface area contributed by atoms with Crippen LogP contribution in [0, 0.1) is 0 Å². The summed E-state index contributed by atoms with van der Waals surface area (Å²) in [5, 5.41) is 14.6. The summed E-state index contributed by atoms with van der Waals surface area (Å²) in [5.41, 5.74) is 2.24. The van der Waals surface area contributed by atoms with Crippen LogP contribution in [0.4, 0.5) is 0 Å². The molecular formula is C16H21N3O. The summed E-state index contributed by atoms with van der Waals surface area (Å²) in [7, 11) is 1.95. The van der Waals surface area contributed by atoms with Crippen LogP contribution >= 0.6 is 0 Å². The first-order chi connectivity index (χ1) is 9.74. The number of benzene rings is 1. The van der Waals surface area contributed by atoms with Gasteiger partial charge in [-0.3, -0.25) is 9.58 Å². The number of β-amino-alcohol motifs (C(OH)–C–C–N with tert-alkyl or cyclic N) is 1. The maximum absolute atomic E-state index is 10.4. The highest BCUT2D eigenvalue weighted by Crippen LogP contribution is 2.33. The zero-order valence-electron chi connectivity index (χ0n) is 11.8. The standard InChI is InChI=1S/C16H21N3O/c1-18-11-14(10-17-18)15-8-5-9-19(15)12-16(20)13-6-3-2-4-7-13/h2-4,6-7,10-11,15-16,20H,5,8-9,12H2,1H3/t15-,16-/m1/s1. The summed E-state index contributed by atoms with van der Waals surface area (Å²) in [4.78, 5) is 2.37. The van der Waals surface area contributed by atoms with Crippen LogP contribution in [0.3, 0.4) is 0 Å². The Kier molecular flexibility index (Phi) is 3.85. The van der Waals surface area contributed by atoms with Crippen molar-refractivity contribution in [3.05, 3.63) is 53.9 Å². The highest BCUT2D eigenvalue weighted by molar-refractivity contribution is 5.18. The van der Waals surface area contributed by atoms with Gasteiger partial charge in [0.2, 0.25) is 0 Å². The van der Waals surface area contributed by atoms with E-state index in [4.69, 9.17) is 0 Å². The Morgan fingerprint density at radius 3 is 2.85 bits per heavy atom. The summed E-state index contributed by atoms with van der Waals surface area (Å²) >= 11 is 0. The molecule has 1 aliphatic rings. The Hall–Kier alpha value is -1.65. The van der Waals surface area contributed by atoms with E-state index in [1.165, 1.54) is 12.0 Å². The molecule has 2 atom stereocenters. The van der Waals surface area contributed by atoms with E-state index in [2.05, 4.69) is 16.2 Å². The molecular weight excluding hydrogens is 250 g/mol. The minimum absolute atomic E-state index is 0.391. The topological polar surface area (TPSA) is 41.3 Å². The van der Waals surface area contributed by atoms with Gasteiger partial charge in [-0.1, -0.05) is 30.3 Å². The molecule has 1 aromatic heterocycles. The molecule has 1 fully saturated rings. The molecule has 4 nitrogen and oxygen atoms in total. The van der Waals surface area contributed by atoms with Gasteiger partial charge in [-0.2, -0.15) is 5.10 Å². The number of likely N-dealkylation sites (tertiary alicyclic amines) is 1. The molecule has 0 unspecified atom stereocenters. The highest BCUT2D eigenvalue weighted by Gasteiger charge is 2.28. The van der Waals surface area contributed by atoms with Gasteiger partial charge in [0, 0.05) is 31.4 Å². The van der Waals surface area contributed by atoms with Crippen molar-refractivity contribution in [2.75, 3.05) is 13.1 Å². The lowest BCUT2D eigenvalue weighted by atomic mass is 10.1. The zero-order valence-corrected chi connectivity index (χ0v) is 11.8. The van der Waals surface area contributed by atoms with Crippen molar-refractivity contribution in [3.8, 4) is 0 Å². The van der Waals surface area contributed by atoms with E-state index in [1.807, 2.05) is 48.3 Å². The van der Waals surface area contributed by atoms with Crippen LogP contribution in [0.15, 0.2) is 42.7 Å². The highest BCUT2D eigenvalue weighted by atomic mass is 16.3. The smallest absolute Gasteiger partial charge is 0.0917 e. The number of aryl methyl sites for hydroxylation is 1. The Labute approximate surface area is 119 Å². The zero-order chi connectivity index (χ0) is 13.9. The molecule has 0 spiro atoms. The second kappa shape index (κ2) is 5.77. The summed E-state index contributed by atoms with van der Waals surface area (Å²) in [6.07, 6.45) is 5.93. The fourth-order valence-electron chi connectivity index (χ4n) is 3.04. The van der Waals surface area contributed by atoms with Crippen molar-refractivity contribution in [1.82, 2.24) is 14.7 Å². The molecule has 1 saturated heterocycles. The second-order valence-corrected chi connectivity index (χ2v) is 5.53. The molecule has 3 rings (SSSR count). The van der Waals surface area contributed by atoms with Gasteiger partial charge in [0.05, 0.1) is 12.3 Å². The van der Waals surface area contributed by atoms with Crippen molar-refractivity contribution in [2.24, 2.45) is 7.05 Å². The van der Waals surface area contributed by atoms with Crippen molar-refractivity contribution >= 4 is 0 Å². The maximum Gasteiger partial charge on any atom is 0.0917 e. The Morgan fingerprint density at radius 2 is 2.15 bits per heavy atom. The van der Waals surface area contributed by atoms with E-state index < -0.39 is 6.10 Å². The molecule has 0 aliphatic carbocycles. The normalized spacial score (nSPS) is 21.2. The first-order valence-electron chi connectivity index (χ1n) is 7.19. The van der Waals surface area contributed by atoms with Gasteiger partial charge in [0.1, 0.15) is 0 Å². The van der Waals surface area contributed by atoms with Gasteiger partial charge in [-0.15, -0.1) is 0 Å². The average Bonchev–Trinajstić information content (AvgIpc) is 3.08. The number of hydrogen-bond donors (Lipinski definition) is 1. The van der Waals surface area contributed by atoms with Gasteiger partial charge < -0.3 is 5.11 Å². The van der Waals surface area contributed by atoms with E-state index in [9.17, 15) is 5.11 Å². The molecule has 1 N–H and O–H groups in total. The molecule has 20 heavy (non-hydrogen) atoms. The van der Waals surface area contributed by atoms with Crippen molar-refractivity contribution in [3.63, 3.8) is 0 Å². The quantitative estimate of drug-likeness (QED) is 0.927. The van der Waals surface area contributed by atoms with Crippen molar-refractivity contribution in [1.29, 1.82) is 0 Å². The molecule has 2 heterocycles. The molecule has 2 aromatic rings. The molecule has 0 bridgehead atoms. The number of aromatic nitrogens is 2. The maximum atomic E-state index is 10.4. The molecule has 1 aliphatic heterocycles. The van der Waals surface area contributed by atoms with Gasteiger partial charge in [-0.05, 0) is 24.9 Å². The third kappa shape index (κ3) is 2.76. The number of aliphatic hydroxyl groups excluding tert-OH is 1. The van der Waals surface area contributed by atoms with E-state index >= 15 is 0 Å². The lowest BCUT2D eigenvalue weighted by Crippen LogP contribution is -2.28. The van der Waals surface area contributed by atoms with Crippen LogP contribution in [0.1, 0.15) is 36.1 Å². The predicted molar refractivity (Wildman–Crippen MR) is 78.2 cm³/mol. The number of aliphatic hydroxyl groups is 1. The minimum Gasteiger partial charge on any atom is -0.387 e. The SMILES string of the molecule is Cn1cc([C@H]2CCCN2C[C@@H](O)c2ccccc2)cn1. The molecule has 0 saturated carbocycles. The Morgan fingerprint density at radius 1 is 1.35 bits per heavy atom. The number of nitrogens with zero attached hydrogens (tertiary/aromatic N) is 3. The van der Waals surface area contributed by atoms with Gasteiger partial charge >= 0.3 is 0 Å². The minimum atomic E-state index is -0.423. The van der Waals surface area contributed by atoms with E-state index in [-0.39, 0.29) is 0 Å². The first-order valence-corrected chi connectivity index (χ1v) is 7.19. The molecule has 0 radical (unpaired) electrons. The van der Waals surface area contributed by atoms with Crippen LogP contribution < -0.4 is 0 Å². The molecule has 0 amide bonds. The second-order valence-electron chi connectivity index (χ2n) is 5.53. The van der Waals surface area contributed by atoms with Crippen molar-refractivity contribution in [2.45, 2.75) is 25.0 Å². The Balaban J connectivity index is 1.70. The molecule has 1 aromatic carbocycles. The summed E-state index contributed by atoms with van der Waals surface area (Å²) in [6.45, 7) is 1.73. The van der Waals surface area contributed by atoms with Crippen molar-refractivity contribution < 1.29 is 5.11 Å². The van der Waals surface area contributed by atoms with Crippen LogP contribution in [0.5, 0.6) is 0 Å². The fraction of sp³-hybridized carbons (Fsp3) is 0.438. The van der Waals surface area contributed by atoms with E-state index in [0.29, 0.717) is 12.6 Å². The van der Waals surface area contributed by atoms with E-state index in [0.717, 1.165) is 18.5 Å². The number of rotatable bonds is 4. The lowest BCUT2D eigenvalue weighted by molar-refractivity contribution is 0.106. The number of hydrogen-bond acceptors (Lipinski definition) is 3. The summed E-state index contributed by atoms with van der Waals surface area (Å²) in [6, 6.07) is 10.3. The molecule has 106 valence electrons. The van der Waals surface area contributed by atoms with Gasteiger partial charge in [0.15, 0.2) is 0 Å².